The molecule has 2 aromatic rings. The van der Waals surface area contributed by atoms with Crippen LogP contribution in [0.2, 0.25) is 0 Å². The van der Waals surface area contributed by atoms with Gasteiger partial charge in [-0.25, -0.2) is 5.48 Å². The minimum absolute atomic E-state index is 0.0153. The van der Waals surface area contributed by atoms with Crippen LogP contribution >= 0.6 is 0 Å². The first kappa shape index (κ1) is 28.2. The summed E-state index contributed by atoms with van der Waals surface area (Å²) in [5.41, 5.74) is 4.85. The Hall–Kier alpha value is -2.86. The number of hydrogen-bond donors (Lipinski definition) is 5. The summed E-state index contributed by atoms with van der Waals surface area (Å²) >= 11 is 0. The fraction of sp³-hybridized carbons (Fsp3) is 0.500. The molecule has 2 aromatic carbocycles. The molecule has 2 heterocycles. The third kappa shape index (κ3) is 7.59. The normalized spacial score (nSPS) is 23.8. The monoisotopic (exact) mass is 527 g/mol. The molecule has 0 bridgehead atoms. The van der Waals surface area contributed by atoms with Crippen LogP contribution in [-0.2, 0) is 25.7 Å². The van der Waals surface area contributed by atoms with Crippen molar-refractivity contribution in [3.05, 3.63) is 65.2 Å². The quantitative estimate of drug-likeness (QED) is 0.222. The maximum Gasteiger partial charge on any atom is 0.243 e. The number of ether oxygens (including phenoxy) is 2. The fourth-order valence-electron chi connectivity index (χ4n) is 5.05. The van der Waals surface area contributed by atoms with Crippen LogP contribution in [0.5, 0.6) is 0 Å². The van der Waals surface area contributed by atoms with Crippen molar-refractivity contribution in [3.8, 4) is 0 Å². The largest absolute Gasteiger partial charge is 0.395 e. The summed E-state index contributed by atoms with van der Waals surface area (Å²) < 4.78 is 12.8. The average molecular weight is 528 g/mol. The zero-order valence-corrected chi connectivity index (χ0v) is 21.4. The Balaban J connectivity index is 1.43. The molecule has 206 valence electrons. The summed E-state index contributed by atoms with van der Waals surface area (Å²) in [6, 6.07) is 15.2. The third-order valence-electron chi connectivity index (χ3n) is 7.16. The van der Waals surface area contributed by atoms with Crippen molar-refractivity contribution in [1.82, 2.24) is 10.4 Å². The summed E-state index contributed by atoms with van der Waals surface area (Å²) in [5.74, 6) is -0.739. The summed E-state index contributed by atoms with van der Waals surface area (Å²) in [6.45, 7) is 1.77. The fourth-order valence-corrected chi connectivity index (χ4v) is 5.05. The van der Waals surface area contributed by atoms with Crippen molar-refractivity contribution in [2.45, 2.75) is 69.7 Å². The predicted molar refractivity (Wildman–Crippen MR) is 139 cm³/mol. The molecule has 4 rings (SSSR count). The molecule has 2 aliphatic heterocycles. The molecule has 4 unspecified atom stereocenters. The van der Waals surface area contributed by atoms with Crippen molar-refractivity contribution in [1.29, 1.82) is 0 Å². The van der Waals surface area contributed by atoms with E-state index in [0.29, 0.717) is 25.1 Å². The molecule has 0 saturated carbocycles. The Morgan fingerprint density at radius 2 is 1.66 bits per heavy atom. The van der Waals surface area contributed by atoms with Crippen molar-refractivity contribution >= 4 is 17.5 Å². The first-order chi connectivity index (χ1) is 18.5. The van der Waals surface area contributed by atoms with Gasteiger partial charge in [0.05, 0.1) is 25.4 Å². The lowest BCUT2D eigenvalue weighted by atomic mass is 9.99. The number of amides is 2. The van der Waals surface area contributed by atoms with Crippen LogP contribution in [0.4, 0.5) is 5.69 Å². The van der Waals surface area contributed by atoms with Gasteiger partial charge >= 0.3 is 0 Å². The van der Waals surface area contributed by atoms with Gasteiger partial charge in [0.1, 0.15) is 0 Å². The van der Waals surface area contributed by atoms with Crippen LogP contribution in [0.3, 0.4) is 0 Å². The molecule has 2 saturated heterocycles. The number of carbonyl (C=O) groups is 2. The first-order valence-electron chi connectivity index (χ1n) is 13.2. The van der Waals surface area contributed by atoms with E-state index < -0.39 is 12.2 Å². The molecular weight excluding hydrogens is 490 g/mol. The highest BCUT2D eigenvalue weighted by atomic mass is 16.7. The molecule has 2 aliphatic rings. The molecule has 5 N–H and O–H groups in total. The van der Waals surface area contributed by atoms with Crippen molar-refractivity contribution in [2.24, 2.45) is 0 Å². The zero-order chi connectivity index (χ0) is 26.9. The van der Waals surface area contributed by atoms with Crippen LogP contribution in [0.1, 0.15) is 67.6 Å². The Labute approximate surface area is 222 Å². The Kier molecular flexibility index (Phi) is 10.2. The van der Waals surface area contributed by atoms with Gasteiger partial charge in [-0.3, -0.25) is 19.7 Å². The SMILES string of the molecule is O=C(CCCC(=O)Nc1ccc(C2OC(CN3CCCC3CO)CC(c3ccc(CO)cc3)O2)cc1)NO. The second-order valence-electron chi connectivity index (χ2n) is 9.88. The second kappa shape index (κ2) is 13.8. The minimum atomic E-state index is -0.604. The van der Waals surface area contributed by atoms with E-state index in [4.69, 9.17) is 14.7 Å². The van der Waals surface area contributed by atoms with Crippen molar-refractivity contribution < 1.29 is 34.5 Å². The van der Waals surface area contributed by atoms with Crippen LogP contribution in [0.15, 0.2) is 48.5 Å². The van der Waals surface area contributed by atoms with Crippen molar-refractivity contribution in [3.63, 3.8) is 0 Å². The minimum Gasteiger partial charge on any atom is -0.395 e. The molecule has 2 fully saturated rings. The van der Waals surface area contributed by atoms with E-state index in [2.05, 4.69) is 10.2 Å². The van der Waals surface area contributed by atoms with E-state index in [1.807, 2.05) is 36.4 Å². The highest BCUT2D eigenvalue weighted by Crippen LogP contribution is 2.39. The Bertz CT molecular complexity index is 1050. The van der Waals surface area contributed by atoms with Gasteiger partial charge in [0.25, 0.3) is 0 Å². The number of rotatable bonds is 11. The second-order valence-corrected chi connectivity index (χ2v) is 9.88. The topological polar surface area (TPSA) is 141 Å². The van der Waals surface area contributed by atoms with Gasteiger partial charge in [0, 0.05) is 43.1 Å². The molecule has 10 nitrogen and oxygen atoms in total. The number of likely N-dealkylation sites (tertiary alicyclic amines) is 1. The highest BCUT2D eigenvalue weighted by Gasteiger charge is 2.35. The summed E-state index contributed by atoms with van der Waals surface area (Å²) in [6.07, 6.45) is 2.38. The zero-order valence-electron chi connectivity index (χ0n) is 21.4. The lowest BCUT2D eigenvalue weighted by Gasteiger charge is -2.38. The van der Waals surface area contributed by atoms with Gasteiger partial charge in [-0.05, 0) is 49.1 Å². The van der Waals surface area contributed by atoms with Crippen LogP contribution < -0.4 is 10.8 Å². The number of nitrogens with one attached hydrogen (secondary N) is 2. The van der Waals surface area contributed by atoms with E-state index in [1.165, 1.54) is 0 Å². The lowest BCUT2D eigenvalue weighted by molar-refractivity contribution is -0.253. The highest BCUT2D eigenvalue weighted by molar-refractivity contribution is 5.91. The maximum absolute atomic E-state index is 12.2. The summed E-state index contributed by atoms with van der Waals surface area (Å²) in [4.78, 5) is 25.6. The summed E-state index contributed by atoms with van der Waals surface area (Å²) in [5, 5.41) is 30.5. The van der Waals surface area contributed by atoms with E-state index >= 15 is 0 Å². The third-order valence-corrected chi connectivity index (χ3v) is 7.16. The van der Waals surface area contributed by atoms with E-state index in [1.54, 1.807) is 17.6 Å². The van der Waals surface area contributed by atoms with Crippen LogP contribution in [-0.4, -0.2) is 64.0 Å². The number of carbonyl (C=O) groups excluding carboxylic acids is 2. The lowest BCUT2D eigenvalue weighted by Crippen LogP contribution is -2.42. The first-order valence-corrected chi connectivity index (χ1v) is 13.2. The standard InChI is InChI=1S/C28H37N3O7/c32-17-19-6-8-20(9-7-19)25-15-24(16-31-14-2-3-23(31)18-33)37-28(38-25)21-10-12-22(13-11-21)29-26(34)4-1-5-27(35)30-36/h6-13,23-25,28,32-33,36H,1-5,14-18H2,(H,29,34)(H,30,35). The van der Waals surface area contributed by atoms with Crippen LogP contribution in [0.25, 0.3) is 0 Å². The van der Waals surface area contributed by atoms with Gasteiger partial charge in [-0.1, -0.05) is 36.4 Å². The molecular formula is C28H37N3O7. The predicted octanol–water partition coefficient (Wildman–Crippen LogP) is 2.80. The number of benzene rings is 2. The molecule has 0 spiro atoms. The number of anilines is 1. The molecule has 38 heavy (non-hydrogen) atoms. The smallest absolute Gasteiger partial charge is 0.243 e. The van der Waals surface area contributed by atoms with Crippen LogP contribution in [0, 0.1) is 0 Å². The van der Waals surface area contributed by atoms with E-state index in [9.17, 15) is 19.8 Å². The number of hydrogen-bond acceptors (Lipinski definition) is 8. The number of nitrogens with zero attached hydrogens (tertiary/aromatic N) is 1. The van der Waals surface area contributed by atoms with E-state index in [-0.39, 0.29) is 50.2 Å². The Morgan fingerprint density at radius 1 is 0.947 bits per heavy atom. The summed E-state index contributed by atoms with van der Waals surface area (Å²) in [7, 11) is 0. The average Bonchev–Trinajstić information content (AvgIpc) is 3.40. The van der Waals surface area contributed by atoms with Crippen molar-refractivity contribution in [2.75, 3.05) is 25.0 Å². The van der Waals surface area contributed by atoms with Gasteiger partial charge in [0.2, 0.25) is 11.8 Å². The number of hydroxylamine groups is 1. The van der Waals surface area contributed by atoms with Gasteiger partial charge in [0.15, 0.2) is 6.29 Å². The number of aliphatic hydroxyl groups is 2. The Morgan fingerprint density at radius 3 is 2.34 bits per heavy atom. The van der Waals surface area contributed by atoms with E-state index in [0.717, 1.165) is 36.1 Å². The number of aliphatic hydroxyl groups excluding tert-OH is 2. The van der Waals surface area contributed by atoms with Gasteiger partial charge in [-0.2, -0.15) is 0 Å². The molecule has 10 heteroatoms. The van der Waals surface area contributed by atoms with Gasteiger partial charge in [-0.15, -0.1) is 0 Å². The maximum atomic E-state index is 12.2. The molecule has 0 aromatic heterocycles. The molecule has 0 aliphatic carbocycles. The molecule has 0 radical (unpaired) electrons. The van der Waals surface area contributed by atoms with Gasteiger partial charge < -0.3 is 25.0 Å². The molecule has 4 atom stereocenters. The molecule has 2 amide bonds.